The number of nitrogens with two attached hydrogens (primary N) is 1. The van der Waals surface area contributed by atoms with Crippen LogP contribution in [0.3, 0.4) is 0 Å². The van der Waals surface area contributed by atoms with Gasteiger partial charge in [0.15, 0.2) is 23.3 Å². The van der Waals surface area contributed by atoms with Gasteiger partial charge in [0, 0.05) is 18.8 Å². The highest BCUT2D eigenvalue weighted by Crippen LogP contribution is 2.29. The SMILES string of the molecule is COc1ccc(NC(N)=NCc2ncn(C)n2)cc1OC. The van der Waals surface area contributed by atoms with Crippen LogP contribution in [-0.2, 0) is 13.6 Å². The number of aryl methyl sites for hydroxylation is 1. The molecule has 0 bridgehead atoms. The summed E-state index contributed by atoms with van der Waals surface area (Å²) in [7, 11) is 4.96. The first-order valence-electron chi connectivity index (χ1n) is 6.26. The number of methoxy groups -OCH3 is 2. The first-order chi connectivity index (χ1) is 10.1. The molecule has 0 unspecified atom stereocenters. The molecule has 1 aromatic carbocycles. The van der Waals surface area contributed by atoms with E-state index in [0.29, 0.717) is 23.9 Å². The molecular formula is C13H18N6O2. The van der Waals surface area contributed by atoms with E-state index < -0.39 is 0 Å². The van der Waals surface area contributed by atoms with E-state index in [1.165, 1.54) is 0 Å². The monoisotopic (exact) mass is 290 g/mol. The van der Waals surface area contributed by atoms with Crippen molar-refractivity contribution in [1.82, 2.24) is 14.8 Å². The number of hydrogen-bond donors (Lipinski definition) is 2. The summed E-state index contributed by atoms with van der Waals surface area (Å²) < 4.78 is 12.0. The summed E-state index contributed by atoms with van der Waals surface area (Å²) in [6, 6.07) is 5.39. The minimum absolute atomic E-state index is 0.273. The summed E-state index contributed by atoms with van der Waals surface area (Å²) in [6.45, 7) is 0.312. The molecule has 2 rings (SSSR count). The average molecular weight is 290 g/mol. The first-order valence-corrected chi connectivity index (χ1v) is 6.26. The van der Waals surface area contributed by atoms with Crippen molar-refractivity contribution in [3.8, 4) is 11.5 Å². The van der Waals surface area contributed by atoms with Crippen molar-refractivity contribution in [3.63, 3.8) is 0 Å². The second-order valence-electron chi connectivity index (χ2n) is 4.23. The third-order valence-electron chi connectivity index (χ3n) is 2.69. The van der Waals surface area contributed by atoms with Gasteiger partial charge in [-0.2, -0.15) is 5.10 Å². The fraction of sp³-hybridized carbons (Fsp3) is 0.308. The van der Waals surface area contributed by atoms with Gasteiger partial charge in [-0.05, 0) is 12.1 Å². The van der Waals surface area contributed by atoms with Gasteiger partial charge in [-0.3, -0.25) is 4.68 Å². The molecule has 0 aliphatic heterocycles. The van der Waals surface area contributed by atoms with Crippen molar-refractivity contribution >= 4 is 11.6 Å². The van der Waals surface area contributed by atoms with Gasteiger partial charge in [-0.1, -0.05) is 0 Å². The minimum atomic E-state index is 0.273. The van der Waals surface area contributed by atoms with Gasteiger partial charge in [-0.25, -0.2) is 9.98 Å². The van der Waals surface area contributed by atoms with E-state index >= 15 is 0 Å². The maximum Gasteiger partial charge on any atom is 0.193 e. The Morgan fingerprint density at radius 2 is 2.10 bits per heavy atom. The van der Waals surface area contributed by atoms with Crippen LogP contribution >= 0.6 is 0 Å². The lowest BCUT2D eigenvalue weighted by Gasteiger charge is -2.10. The van der Waals surface area contributed by atoms with Gasteiger partial charge < -0.3 is 20.5 Å². The smallest absolute Gasteiger partial charge is 0.193 e. The highest BCUT2D eigenvalue weighted by molar-refractivity contribution is 5.92. The van der Waals surface area contributed by atoms with Crippen molar-refractivity contribution in [1.29, 1.82) is 0 Å². The Bertz CT molecular complexity index is 637. The van der Waals surface area contributed by atoms with Gasteiger partial charge >= 0.3 is 0 Å². The third-order valence-corrected chi connectivity index (χ3v) is 2.69. The molecular weight excluding hydrogens is 272 g/mol. The second-order valence-corrected chi connectivity index (χ2v) is 4.23. The largest absolute Gasteiger partial charge is 0.493 e. The summed E-state index contributed by atoms with van der Waals surface area (Å²) in [5.41, 5.74) is 6.58. The number of aromatic nitrogens is 3. The van der Waals surface area contributed by atoms with Crippen LogP contribution in [0.25, 0.3) is 0 Å². The number of guanidine groups is 1. The number of nitrogens with one attached hydrogen (secondary N) is 1. The molecule has 3 N–H and O–H groups in total. The van der Waals surface area contributed by atoms with E-state index in [9.17, 15) is 0 Å². The topological polar surface area (TPSA) is 99.6 Å². The third kappa shape index (κ3) is 3.85. The standard InChI is InChI=1S/C13H18N6O2/c1-19-8-16-12(18-19)7-15-13(14)17-9-4-5-10(20-2)11(6-9)21-3/h4-6,8H,7H2,1-3H3,(H3,14,15,17). The molecule has 0 atom stereocenters. The van der Waals surface area contributed by atoms with E-state index in [-0.39, 0.29) is 5.96 Å². The lowest BCUT2D eigenvalue weighted by molar-refractivity contribution is 0.355. The molecule has 1 aromatic heterocycles. The zero-order valence-corrected chi connectivity index (χ0v) is 12.2. The molecule has 0 aliphatic carbocycles. The zero-order chi connectivity index (χ0) is 15.2. The van der Waals surface area contributed by atoms with Crippen molar-refractivity contribution in [2.24, 2.45) is 17.8 Å². The molecule has 8 heteroatoms. The molecule has 21 heavy (non-hydrogen) atoms. The fourth-order valence-electron chi connectivity index (χ4n) is 1.71. The Labute approximate surface area is 122 Å². The average Bonchev–Trinajstić information content (AvgIpc) is 2.90. The number of benzene rings is 1. The number of aliphatic imine (C=N–C) groups is 1. The van der Waals surface area contributed by atoms with Gasteiger partial charge in [0.2, 0.25) is 0 Å². The van der Waals surface area contributed by atoms with Crippen molar-refractivity contribution in [2.75, 3.05) is 19.5 Å². The molecule has 0 spiro atoms. The molecule has 0 amide bonds. The number of hydrogen-bond acceptors (Lipinski definition) is 5. The lowest BCUT2D eigenvalue weighted by Crippen LogP contribution is -2.22. The quantitative estimate of drug-likeness (QED) is 0.623. The van der Waals surface area contributed by atoms with Gasteiger partial charge in [0.05, 0.1) is 14.2 Å². The summed E-state index contributed by atoms with van der Waals surface area (Å²) in [6.07, 6.45) is 1.61. The molecule has 0 saturated carbocycles. The van der Waals surface area contributed by atoms with E-state index in [0.717, 1.165) is 5.69 Å². The number of anilines is 1. The lowest BCUT2D eigenvalue weighted by atomic mass is 10.3. The predicted molar refractivity (Wildman–Crippen MR) is 79.5 cm³/mol. The highest BCUT2D eigenvalue weighted by atomic mass is 16.5. The maximum atomic E-state index is 5.83. The predicted octanol–water partition coefficient (Wildman–Crippen LogP) is 0.759. The minimum Gasteiger partial charge on any atom is -0.493 e. The van der Waals surface area contributed by atoms with Crippen LogP contribution in [0.4, 0.5) is 5.69 Å². The van der Waals surface area contributed by atoms with E-state index in [1.54, 1.807) is 44.4 Å². The van der Waals surface area contributed by atoms with Gasteiger partial charge in [0.1, 0.15) is 12.9 Å². The summed E-state index contributed by atoms with van der Waals surface area (Å²) >= 11 is 0. The van der Waals surface area contributed by atoms with Crippen LogP contribution in [0, 0.1) is 0 Å². The molecule has 0 fully saturated rings. The van der Waals surface area contributed by atoms with E-state index in [2.05, 4.69) is 20.4 Å². The van der Waals surface area contributed by atoms with Crippen LogP contribution < -0.4 is 20.5 Å². The van der Waals surface area contributed by atoms with Crippen LogP contribution in [0.1, 0.15) is 5.82 Å². The molecule has 1 heterocycles. The first kappa shape index (κ1) is 14.6. The van der Waals surface area contributed by atoms with Crippen molar-refractivity contribution < 1.29 is 9.47 Å². The zero-order valence-electron chi connectivity index (χ0n) is 12.2. The van der Waals surface area contributed by atoms with E-state index in [1.807, 2.05) is 6.07 Å². The van der Waals surface area contributed by atoms with Gasteiger partial charge in [-0.15, -0.1) is 0 Å². The van der Waals surface area contributed by atoms with Crippen molar-refractivity contribution in [3.05, 3.63) is 30.4 Å². The second kappa shape index (κ2) is 6.60. The Morgan fingerprint density at radius 1 is 1.33 bits per heavy atom. The normalized spacial score (nSPS) is 11.3. The number of nitrogens with zero attached hydrogens (tertiary/aromatic N) is 4. The van der Waals surface area contributed by atoms with E-state index in [4.69, 9.17) is 15.2 Å². The molecule has 0 radical (unpaired) electrons. The number of rotatable bonds is 5. The maximum absolute atomic E-state index is 5.83. The fourth-order valence-corrected chi connectivity index (χ4v) is 1.71. The summed E-state index contributed by atoms with van der Waals surface area (Å²) in [4.78, 5) is 8.24. The van der Waals surface area contributed by atoms with Crippen molar-refractivity contribution in [2.45, 2.75) is 6.54 Å². The van der Waals surface area contributed by atoms with Crippen LogP contribution in [0.15, 0.2) is 29.5 Å². The van der Waals surface area contributed by atoms with Crippen LogP contribution in [0.5, 0.6) is 11.5 Å². The van der Waals surface area contributed by atoms with Crippen LogP contribution in [-0.4, -0.2) is 34.9 Å². The Morgan fingerprint density at radius 3 is 2.71 bits per heavy atom. The highest BCUT2D eigenvalue weighted by Gasteiger charge is 2.05. The molecule has 0 aliphatic rings. The molecule has 8 nitrogen and oxygen atoms in total. The van der Waals surface area contributed by atoms with Gasteiger partial charge in [0.25, 0.3) is 0 Å². The molecule has 112 valence electrons. The molecule has 2 aromatic rings. The summed E-state index contributed by atoms with van der Waals surface area (Å²) in [5.74, 6) is 2.14. The van der Waals surface area contributed by atoms with Crippen LogP contribution in [0.2, 0.25) is 0 Å². The number of ether oxygens (including phenoxy) is 2. The summed E-state index contributed by atoms with van der Waals surface area (Å²) in [5, 5.41) is 7.09. The Balaban J connectivity index is 2.03. The Hall–Kier alpha value is -2.77. The molecule has 0 saturated heterocycles. The Kier molecular flexibility index (Phi) is 4.60.